The standard InChI is InChI=1S/C21H18BrN5/c22-17-3-4-18-16(11-24-19(18)8-17)12-27-7-5-14-10-25-21(26-20(14)13-27)15-2-1-6-23-9-15/h1-4,6,8-11,24H,5,7,12-13H2. The van der Waals surface area contributed by atoms with Crippen LogP contribution in [0.25, 0.3) is 22.3 Å². The predicted molar refractivity (Wildman–Crippen MR) is 109 cm³/mol. The fourth-order valence-electron chi connectivity index (χ4n) is 3.66. The van der Waals surface area contributed by atoms with Crippen molar-refractivity contribution in [3.8, 4) is 11.4 Å². The van der Waals surface area contributed by atoms with Crippen LogP contribution in [0.15, 0.2) is 59.6 Å². The van der Waals surface area contributed by atoms with Gasteiger partial charge in [-0.25, -0.2) is 9.97 Å². The van der Waals surface area contributed by atoms with Crippen LogP contribution in [0.5, 0.6) is 0 Å². The molecule has 1 N–H and O–H groups in total. The van der Waals surface area contributed by atoms with Crippen LogP contribution in [-0.4, -0.2) is 31.4 Å². The van der Waals surface area contributed by atoms with Gasteiger partial charge in [0.05, 0.1) is 5.69 Å². The number of rotatable bonds is 3. The average Bonchev–Trinajstić information content (AvgIpc) is 3.10. The smallest absolute Gasteiger partial charge is 0.160 e. The highest BCUT2D eigenvalue weighted by Crippen LogP contribution is 2.26. The molecule has 0 unspecified atom stereocenters. The van der Waals surface area contributed by atoms with Gasteiger partial charge in [0.2, 0.25) is 0 Å². The van der Waals surface area contributed by atoms with Crippen molar-refractivity contribution in [3.05, 3.63) is 76.4 Å². The van der Waals surface area contributed by atoms with Gasteiger partial charge in [0.25, 0.3) is 0 Å². The van der Waals surface area contributed by atoms with Crippen LogP contribution >= 0.6 is 15.9 Å². The van der Waals surface area contributed by atoms with Crippen LogP contribution < -0.4 is 0 Å². The molecule has 0 fully saturated rings. The minimum Gasteiger partial charge on any atom is -0.361 e. The van der Waals surface area contributed by atoms with Gasteiger partial charge >= 0.3 is 0 Å². The number of hydrogen-bond donors (Lipinski definition) is 1. The summed E-state index contributed by atoms with van der Waals surface area (Å²) in [6.45, 7) is 2.77. The number of aromatic nitrogens is 4. The summed E-state index contributed by atoms with van der Waals surface area (Å²) < 4.78 is 1.09. The Morgan fingerprint density at radius 2 is 2.15 bits per heavy atom. The number of nitrogens with zero attached hydrogens (tertiary/aromatic N) is 4. The Labute approximate surface area is 165 Å². The maximum absolute atomic E-state index is 4.83. The van der Waals surface area contributed by atoms with Crippen molar-refractivity contribution in [2.75, 3.05) is 6.54 Å². The van der Waals surface area contributed by atoms with E-state index in [1.807, 2.05) is 24.5 Å². The summed E-state index contributed by atoms with van der Waals surface area (Å²) in [5.74, 6) is 0.751. The van der Waals surface area contributed by atoms with E-state index in [0.29, 0.717) is 0 Å². The molecule has 5 rings (SSSR count). The molecule has 5 nitrogen and oxygen atoms in total. The van der Waals surface area contributed by atoms with Crippen molar-refractivity contribution in [3.63, 3.8) is 0 Å². The first-order chi connectivity index (χ1) is 13.3. The van der Waals surface area contributed by atoms with Gasteiger partial charge in [0, 0.05) is 65.4 Å². The van der Waals surface area contributed by atoms with Gasteiger partial charge in [-0.1, -0.05) is 22.0 Å². The monoisotopic (exact) mass is 419 g/mol. The summed E-state index contributed by atoms with van der Waals surface area (Å²) in [5.41, 5.74) is 5.82. The molecule has 1 aliphatic heterocycles. The summed E-state index contributed by atoms with van der Waals surface area (Å²) >= 11 is 3.54. The van der Waals surface area contributed by atoms with Crippen LogP contribution in [0.4, 0.5) is 0 Å². The van der Waals surface area contributed by atoms with E-state index in [2.05, 4.69) is 60.2 Å². The fraction of sp³-hybridized carbons (Fsp3) is 0.190. The summed E-state index contributed by atoms with van der Waals surface area (Å²) in [7, 11) is 0. The number of fused-ring (bicyclic) bond motifs is 2. The molecule has 134 valence electrons. The van der Waals surface area contributed by atoms with E-state index in [4.69, 9.17) is 4.98 Å². The highest BCUT2D eigenvalue weighted by Gasteiger charge is 2.20. The third-order valence-corrected chi connectivity index (χ3v) is 5.56. The molecule has 0 saturated carbocycles. The molecule has 4 aromatic rings. The lowest BCUT2D eigenvalue weighted by molar-refractivity contribution is 0.242. The van der Waals surface area contributed by atoms with Gasteiger partial charge in [-0.15, -0.1) is 0 Å². The molecule has 0 atom stereocenters. The summed E-state index contributed by atoms with van der Waals surface area (Å²) in [6.07, 6.45) is 8.66. The van der Waals surface area contributed by atoms with Crippen molar-refractivity contribution in [1.29, 1.82) is 0 Å². The number of hydrogen-bond acceptors (Lipinski definition) is 4. The molecule has 0 aliphatic carbocycles. The van der Waals surface area contributed by atoms with Gasteiger partial charge in [-0.3, -0.25) is 9.88 Å². The zero-order valence-electron chi connectivity index (χ0n) is 14.7. The van der Waals surface area contributed by atoms with Gasteiger partial charge in [-0.2, -0.15) is 0 Å². The Balaban J connectivity index is 1.40. The Kier molecular flexibility index (Phi) is 4.22. The Morgan fingerprint density at radius 3 is 3.04 bits per heavy atom. The molecule has 3 aromatic heterocycles. The van der Waals surface area contributed by atoms with E-state index >= 15 is 0 Å². The first-order valence-corrected chi connectivity index (χ1v) is 9.78. The second kappa shape index (κ2) is 6.87. The van der Waals surface area contributed by atoms with Crippen LogP contribution in [0.2, 0.25) is 0 Å². The highest BCUT2D eigenvalue weighted by molar-refractivity contribution is 9.10. The summed E-state index contributed by atoms with van der Waals surface area (Å²) in [5, 5.41) is 1.28. The van der Waals surface area contributed by atoms with E-state index in [1.165, 1.54) is 16.5 Å². The lowest BCUT2D eigenvalue weighted by Crippen LogP contribution is -2.31. The summed E-state index contributed by atoms with van der Waals surface area (Å²) in [4.78, 5) is 19.4. The largest absolute Gasteiger partial charge is 0.361 e. The highest BCUT2D eigenvalue weighted by atomic mass is 79.9. The van der Waals surface area contributed by atoms with Crippen LogP contribution in [0.3, 0.4) is 0 Å². The number of pyridine rings is 1. The van der Waals surface area contributed by atoms with Gasteiger partial charge in [0.1, 0.15) is 0 Å². The molecule has 0 spiro atoms. The predicted octanol–water partition coefficient (Wildman–Crippen LogP) is 4.34. The number of aromatic amines is 1. The zero-order valence-corrected chi connectivity index (χ0v) is 16.3. The topological polar surface area (TPSA) is 57.7 Å². The third-order valence-electron chi connectivity index (χ3n) is 5.07. The first kappa shape index (κ1) is 16.6. The third kappa shape index (κ3) is 3.26. The minimum atomic E-state index is 0.751. The molecular formula is C21H18BrN5. The van der Waals surface area contributed by atoms with Crippen LogP contribution in [0, 0.1) is 0 Å². The molecule has 4 heterocycles. The average molecular weight is 420 g/mol. The number of benzene rings is 1. The molecule has 0 bridgehead atoms. The molecule has 27 heavy (non-hydrogen) atoms. The van der Waals surface area contributed by atoms with E-state index in [9.17, 15) is 0 Å². The molecule has 0 saturated heterocycles. The van der Waals surface area contributed by atoms with Crippen LogP contribution in [-0.2, 0) is 19.5 Å². The second-order valence-corrected chi connectivity index (χ2v) is 7.79. The van der Waals surface area contributed by atoms with Gasteiger partial charge < -0.3 is 4.98 Å². The maximum Gasteiger partial charge on any atom is 0.160 e. The molecule has 1 aliphatic rings. The van der Waals surface area contributed by atoms with Crippen molar-refractivity contribution in [2.24, 2.45) is 0 Å². The maximum atomic E-state index is 4.83. The second-order valence-electron chi connectivity index (χ2n) is 6.87. The van der Waals surface area contributed by atoms with E-state index < -0.39 is 0 Å². The van der Waals surface area contributed by atoms with Crippen molar-refractivity contribution in [2.45, 2.75) is 19.5 Å². The zero-order chi connectivity index (χ0) is 18.2. The molecular weight excluding hydrogens is 402 g/mol. The van der Waals surface area contributed by atoms with Crippen molar-refractivity contribution in [1.82, 2.24) is 24.8 Å². The number of H-pyrrole nitrogens is 1. The molecule has 0 amide bonds. The molecule has 6 heteroatoms. The lowest BCUT2D eigenvalue weighted by atomic mass is 10.1. The van der Waals surface area contributed by atoms with E-state index in [-0.39, 0.29) is 0 Å². The van der Waals surface area contributed by atoms with E-state index in [0.717, 1.165) is 53.1 Å². The lowest BCUT2D eigenvalue weighted by Gasteiger charge is -2.27. The van der Waals surface area contributed by atoms with Crippen LogP contribution in [0.1, 0.15) is 16.8 Å². The first-order valence-electron chi connectivity index (χ1n) is 8.99. The van der Waals surface area contributed by atoms with Gasteiger partial charge in [0.15, 0.2) is 5.82 Å². The molecule has 0 radical (unpaired) electrons. The molecule has 1 aromatic carbocycles. The van der Waals surface area contributed by atoms with Crippen molar-refractivity contribution >= 4 is 26.8 Å². The quantitative estimate of drug-likeness (QED) is 0.536. The Morgan fingerprint density at radius 1 is 1.19 bits per heavy atom. The van der Waals surface area contributed by atoms with E-state index in [1.54, 1.807) is 6.20 Å². The van der Waals surface area contributed by atoms with Crippen molar-refractivity contribution < 1.29 is 0 Å². The SMILES string of the molecule is Brc1ccc2c(CN3CCc4cnc(-c5cccnc5)nc4C3)c[nH]c2c1. The van der Waals surface area contributed by atoms with Gasteiger partial charge in [-0.05, 0) is 41.8 Å². The number of halogens is 1. The fourth-order valence-corrected chi connectivity index (χ4v) is 4.02. The Hall–Kier alpha value is -2.57. The Bertz CT molecular complexity index is 1110. The summed E-state index contributed by atoms with van der Waals surface area (Å²) in [6, 6.07) is 10.3. The minimum absolute atomic E-state index is 0.751. The normalized spacial score (nSPS) is 14.4. The number of nitrogens with one attached hydrogen (secondary N) is 1.